The second-order valence-electron chi connectivity index (χ2n) is 4.56. The Bertz CT molecular complexity index is 416. The largest absolute Gasteiger partial charge is 0.496 e. The number of carbonyl (C=O) groups is 1. The normalized spacial score (nSPS) is 12.3. The quantitative estimate of drug-likeness (QED) is 0.811. The molecule has 1 aromatic rings. The SMILES string of the molecule is COC(=O)C(N)Cc1cc(C(C)C)ccc1OC. The summed E-state index contributed by atoms with van der Waals surface area (Å²) in [6.07, 6.45) is 0.413. The molecule has 1 rings (SSSR count). The molecule has 0 saturated carbocycles. The van der Waals surface area contributed by atoms with E-state index in [-0.39, 0.29) is 0 Å². The van der Waals surface area contributed by atoms with E-state index in [0.29, 0.717) is 12.3 Å². The maximum absolute atomic E-state index is 11.3. The Balaban J connectivity index is 2.97. The third kappa shape index (κ3) is 3.47. The van der Waals surface area contributed by atoms with Crippen molar-refractivity contribution in [1.82, 2.24) is 0 Å². The number of hydrogen-bond acceptors (Lipinski definition) is 4. The summed E-state index contributed by atoms with van der Waals surface area (Å²) in [6.45, 7) is 4.23. The monoisotopic (exact) mass is 251 g/mol. The molecule has 0 aromatic heterocycles. The molecule has 0 saturated heterocycles. The number of hydrogen-bond donors (Lipinski definition) is 1. The van der Waals surface area contributed by atoms with Crippen LogP contribution in [0, 0.1) is 0 Å². The lowest BCUT2D eigenvalue weighted by Crippen LogP contribution is -2.33. The predicted octanol–water partition coefficient (Wildman–Crippen LogP) is 1.86. The zero-order chi connectivity index (χ0) is 13.7. The smallest absolute Gasteiger partial charge is 0.322 e. The van der Waals surface area contributed by atoms with E-state index < -0.39 is 12.0 Å². The van der Waals surface area contributed by atoms with Crippen molar-refractivity contribution in [2.75, 3.05) is 14.2 Å². The summed E-state index contributed by atoms with van der Waals surface area (Å²) in [5, 5.41) is 0. The van der Waals surface area contributed by atoms with Crippen LogP contribution in [-0.2, 0) is 16.0 Å². The minimum Gasteiger partial charge on any atom is -0.496 e. The molecule has 18 heavy (non-hydrogen) atoms. The fraction of sp³-hybridized carbons (Fsp3) is 0.500. The van der Waals surface area contributed by atoms with Crippen LogP contribution in [0.4, 0.5) is 0 Å². The Kier molecular flexibility index (Phi) is 5.16. The Morgan fingerprint density at radius 3 is 2.50 bits per heavy atom. The number of rotatable bonds is 5. The number of methoxy groups -OCH3 is 2. The topological polar surface area (TPSA) is 61.5 Å². The van der Waals surface area contributed by atoms with Gasteiger partial charge in [0, 0.05) is 6.42 Å². The summed E-state index contributed by atoms with van der Waals surface area (Å²) in [7, 11) is 2.95. The number of benzene rings is 1. The zero-order valence-electron chi connectivity index (χ0n) is 11.4. The first kappa shape index (κ1) is 14.5. The molecule has 2 N–H and O–H groups in total. The summed E-state index contributed by atoms with van der Waals surface area (Å²) < 4.78 is 9.92. The van der Waals surface area contributed by atoms with E-state index >= 15 is 0 Å². The van der Waals surface area contributed by atoms with Crippen LogP contribution in [0.1, 0.15) is 30.9 Å². The highest BCUT2D eigenvalue weighted by Gasteiger charge is 2.17. The van der Waals surface area contributed by atoms with E-state index in [4.69, 9.17) is 10.5 Å². The zero-order valence-corrected chi connectivity index (χ0v) is 11.4. The lowest BCUT2D eigenvalue weighted by Gasteiger charge is -2.15. The van der Waals surface area contributed by atoms with Crippen LogP contribution < -0.4 is 10.5 Å². The third-order valence-electron chi connectivity index (χ3n) is 2.91. The molecule has 0 radical (unpaired) electrons. The molecule has 0 fully saturated rings. The molecule has 0 amide bonds. The standard InChI is InChI=1S/C14H21NO3/c1-9(2)10-5-6-13(17-3)11(7-10)8-12(15)14(16)18-4/h5-7,9,12H,8,15H2,1-4H3. The van der Waals surface area contributed by atoms with Crippen molar-refractivity contribution >= 4 is 5.97 Å². The highest BCUT2D eigenvalue weighted by Crippen LogP contribution is 2.25. The summed E-state index contributed by atoms with van der Waals surface area (Å²) >= 11 is 0. The van der Waals surface area contributed by atoms with Gasteiger partial charge in [0.05, 0.1) is 14.2 Å². The van der Waals surface area contributed by atoms with Crippen molar-refractivity contribution in [2.24, 2.45) is 5.73 Å². The molecule has 0 heterocycles. The third-order valence-corrected chi connectivity index (χ3v) is 2.91. The van der Waals surface area contributed by atoms with Crippen molar-refractivity contribution in [3.05, 3.63) is 29.3 Å². The fourth-order valence-corrected chi connectivity index (χ4v) is 1.79. The van der Waals surface area contributed by atoms with Gasteiger partial charge in [0.15, 0.2) is 0 Å². The van der Waals surface area contributed by atoms with Gasteiger partial charge in [-0.25, -0.2) is 0 Å². The predicted molar refractivity (Wildman–Crippen MR) is 70.8 cm³/mol. The Morgan fingerprint density at radius 1 is 1.33 bits per heavy atom. The van der Waals surface area contributed by atoms with Crippen molar-refractivity contribution in [2.45, 2.75) is 32.2 Å². The molecule has 0 aliphatic rings. The van der Waals surface area contributed by atoms with Gasteiger partial charge in [-0.05, 0) is 23.1 Å². The van der Waals surface area contributed by atoms with E-state index in [1.165, 1.54) is 12.7 Å². The number of nitrogens with two attached hydrogens (primary N) is 1. The van der Waals surface area contributed by atoms with Crippen LogP contribution in [0.3, 0.4) is 0 Å². The van der Waals surface area contributed by atoms with Gasteiger partial charge < -0.3 is 15.2 Å². The van der Waals surface area contributed by atoms with E-state index in [0.717, 1.165) is 11.3 Å². The molecular formula is C14H21NO3. The average Bonchev–Trinajstić information content (AvgIpc) is 2.37. The molecular weight excluding hydrogens is 230 g/mol. The van der Waals surface area contributed by atoms with E-state index in [2.05, 4.69) is 18.6 Å². The molecule has 1 atom stereocenters. The summed E-state index contributed by atoms with van der Waals surface area (Å²) in [6, 6.07) is 5.31. The van der Waals surface area contributed by atoms with Crippen molar-refractivity contribution in [3.8, 4) is 5.75 Å². The van der Waals surface area contributed by atoms with E-state index in [9.17, 15) is 4.79 Å². The van der Waals surface area contributed by atoms with Gasteiger partial charge in [0.1, 0.15) is 11.8 Å². The van der Waals surface area contributed by atoms with Gasteiger partial charge in [-0.15, -0.1) is 0 Å². The first-order valence-corrected chi connectivity index (χ1v) is 5.99. The van der Waals surface area contributed by atoms with Gasteiger partial charge in [-0.3, -0.25) is 4.79 Å². The first-order chi connectivity index (χ1) is 8.49. The maximum Gasteiger partial charge on any atom is 0.322 e. The maximum atomic E-state index is 11.3. The molecule has 0 aliphatic carbocycles. The number of carbonyl (C=O) groups excluding carboxylic acids is 1. The van der Waals surface area contributed by atoms with Crippen LogP contribution >= 0.6 is 0 Å². The van der Waals surface area contributed by atoms with E-state index in [1.807, 2.05) is 18.2 Å². The highest BCUT2D eigenvalue weighted by atomic mass is 16.5. The molecule has 4 nitrogen and oxygen atoms in total. The van der Waals surface area contributed by atoms with Crippen molar-refractivity contribution in [3.63, 3.8) is 0 Å². The second-order valence-corrected chi connectivity index (χ2v) is 4.56. The van der Waals surface area contributed by atoms with Gasteiger partial charge in [0.25, 0.3) is 0 Å². The summed E-state index contributed by atoms with van der Waals surface area (Å²) in [5.74, 6) is 0.759. The van der Waals surface area contributed by atoms with Gasteiger partial charge in [-0.1, -0.05) is 26.0 Å². The lowest BCUT2D eigenvalue weighted by atomic mass is 9.97. The van der Waals surface area contributed by atoms with E-state index in [1.54, 1.807) is 7.11 Å². The highest BCUT2D eigenvalue weighted by molar-refractivity contribution is 5.75. The molecule has 0 bridgehead atoms. The van der Waals surface area contributed by atoms with Crippen molar-refractivity contribution in [1.29, 1.82) is 0 Å². The molecule has 1 unspecified atom stereocenters. The van der Waals surface area contributed by atoms with Gasteiger partial charge in [-0.2, -0.15) is 0 Å². The van der Waals surface area contributed by atoms with Crippen molar-refractivity contribution < 1.29 is 14.3 Å². The number of esters is 1. The van der Waals surface area contributed by atoms with Crippen LogP contribution in [-0.4, -0.2) is 26.2 Å². The molecule has 1 aromatic carbocycles. The minimum absolute atomic E-state index is 0.410. The molecule has 4 heteroatoms. The molecule has 0 aliphatic heterocycles. The van der Waals surface area contributed by atoms with Crippen LogP contribution in [0.5, 0.6) is 5.75 Å². The van der Waals surface area contributed by atoms with Gasteiger partial charge >= 0.3 is 5.97 Å². The summed E-state index contributed by atoms with van der Waals surface area (Å²) in [4.78, 5) is 11.3. The fourth-order valence-electron chi connectivity index (χ4n) is 1.79. The first-order valence-electron chi connectivity index (χ1n) is 5.99. The number of ether oxygens (including phenoxy) is 2. The Morgan fingerprint density at radius 2 is 2.00 bits per heavy atom. The molecule has 100 valence electrons. The van der Waals surface area contributed by atoms with Crippen LogP contribution in [0.2, 0.25) is 0 Å². The minimum atomic E-state index is -0.661. The lowest BCUT2D eigenvalue weighted by molar-refractivity contribution is -0.142. The average molecular weight is 251 g/mol. The molecule has 0 spiro atoms. The van der Waals surface area contributed by atoms with Gasteiger partial charge in [0.2, 0.25) is 0 Å². The summed E-state index contributed by atoms with van der Waals surface area (Å²) in [5.41, 5.74) is 7.91. The Labute approximate surface area is 108 Å². The van der Waals surface area contributed by atoms with Crippen LogP contribution in [0.15, 0.2) is 18.2 Å². The Hall–Kier alpha value is -1.55. The second kappa shape index (κ2) is 6.40. The van der Waals surface area contributed by atoms with Crippen LogP contribution in [0.25, 0.3) is 0 Å².